The Labute approximate surface area is 153 Å². The van der Waals surface area contributed by atoms with E-state index in [4.69, 9.17) is 4.74 Å². The summed E-state index contributed by atoms with van der Waals surface area (Å²) >= 11 is 0. The van der Waals surface area contributed by atoms with Gasteiger partial charge in [0.15, 0.2) is 0 Å². The van der Waals surface area contributed by atoms with Crippen molar-refractivity contribution in [2.45, 2.75) is 19.8 Å². The van der Waals surface area contributed by atoms with Crippen molar-refractivity contribution < 1.29 is 9.53 Å². The lowest BCUT2D eigenvalue weighted by molar-refractivity contribution is -0.130. The molecule has 0 amide bonds. The van der Waals surface area contributed by atoms with Crippen LogP contribution in [0.4, 0.5) is 0 Å². The zero-order valence-corrected chi connectivity index (χ0v) is 14.9. The van der Waals surface area contributed by atoms with Crippen molar-refractivity contribution in [3.8, 4) is 0 Å². The van der Waals surface area contributed by atoms with Gasteiger partial charge in [0.05, 0.1) is 5.57 Å². The van der Waals surface area contributed by atoms with E-state index in [0.29, 0.717) is 17.3 Å². The molecule has 0 atom stereocenters. The highest BCUT2D eigenvalue weighted by Gasteiger charge is 2.23. The maximum Gasteiger partial charge on any atom is 0.343 e. The van der Waals surface area contributed by atoms with Gasteiger partial charge in [-0.05, 0) is 40.0 Å². The average Bonchev–Trinajstić information content (AvgIpc) is 3.02. The molecule has 128 valence electrons. The van der Waals surface area contributed by atoms with Crippen molar-refractivity contribution in [2.75, 3.05) is 0 Å². The smallest absolute Gasteiger partial charge is 0.343 e. The Morgan fingerprint density at radius 3 is 2.38 bits per heavy atom. The summed E-state index contributed by atoms with van der Waals surface area (Å²) in [6, 6.07) is 22.4. The number of carbonyl (C=O) groups excluding carboxylic acids is 1. The number of carbonyl (C=O) groups is 1. The van der Waals surface area contributed by atoms with Crippen molar-refractivity contribution in [2.24, 2.45) is 0 Å². The summed E-state index contributed by atoms with van der Waals surface area (Å²) in [5.74, 6) is 0.795. The van der Waals surface area contributed by atoms with E-state index < -0.39 is 0 Å². The quantitative estimate of drug-likeness (QED) is 0.435. The molecule has 0 fully saturated rings. The van der Waals surface area contributed by atoms with Crippen LogP contribution in [0, 0.1) is 0 Å². The molecule has 0 N–H and O–H groups in total. The summed E-state index contributed by atoms with van der Waals surface area (Å²) in [7, 11) is 0. The van der Waals surface area contributed by atoms with Crippen molar-refractivity contribution in [1.29, 1.82) is 0 Å². The number of hydrogen-bond acceptors (Lipinski definition) is 2. The number of esters is 1. The highest BCUT2D eigenvalue weighted by molar-refractivity contribution is 6.07. The Morgan fingerprint density at radius 2 is 1.62 bits per heavy atom. The number of cyclic esters (lactones) is 1. The van der Waals surface area contributed by atoms with Gasteiger partial charge in [-0.15, -0.1) is 0 Å². The topological polar surface area (TPSA) is 26.3 Å². The van der Waals surface area contributed by atoms with E-state index in [1.54, 1.807) is 0 Å². The SMILES string of the molecule is CC(C)c1ccc(/C=C2/C=C(c3cccc4ccccc34)OC2=O)cc1. The molecule has 2 nitrogen and oxygen atoms in total. The fourth-order valence-corrected chi connectivity index (χ4v) is 3.22. The van der Waals surface area contributed by atoms with Crippen LogP contribution in [-0.4, -0.2) is 5.97 Å². The van der Waals surface area contributed by atoms with E-state index in [-0.39, 0.29) is 5.97 Å². The van der Waals surface area contributed by atoms with Gasteiger partial charge in [0.2, 0.25) is 0 Å². The van der Waals surface area contributed by atoms with Crippen molar-refractivity contribution in [1.82, 2.24) is 0 Å². The highest BCUT2D eigenvalue weighted by atomic mass is 16.5. The summed E-state index contributed by atoms with van der Waals surface area (Å²) in [5.41, 5.74) is 3.80. The van der Waals surface area contributed by atoms with Gasteiger partial charge < -0.3 is 4.74 Å². The van der Waals surface area contributed by atoms with Crippen LogP contribution in [0.3, 0.4) is 0 Å². The van der Waals surface area contributed by atoms with E-state index in [1.165, 1.54) is 5.56 Å². The molecular weight excluding hydrogens is 320 g/mol. The van der Waals surface area contributed by atoms with Gasteiger partial charge in [0.1, 0.15) is 5.76 Å². The lowest BCUT2D eigenvalue weighted by atomic mass is 10.0. The fraction of sp³-hybridized carbons (Fsp3) is 0.125. The van der Waals surface area contributed by atoms with Crippen LogP contribution < -0.4 is 0 Å². The third kappa shape index (κ3) is 3.06. The number of fused-ring (bicyclic) bond motifs is 1. The summed E-state index contributed by atoms with van der Waals surface area (Å²) in [6.45, 7) is 4.34. The molecule has 0 saturated heterocycles. The minimum atomic E-state index is -0.305. The number of hydrogen-bond donors (Lipinski definition) is 0. The molecule has 0 aromatic heterocycles. The molecular formula is C24H20O2. The minimum Gasteiger partial charge on any atom is -0.422 e. The second kappa shape index (κ2) is 6.64. The molecule has 4 rings (SSSR count). The van der Waals surface area contributed by atoms with E-state index in [2.05, 4.69) is 38.1 Å². The summed E-state index contributed by atoms with van der Waals surface area (Å²) in [5, 5.41) is 2.21. The number of benzene rings is 3. The third-order valence-electron chi connectivity index (χ3n) is 4.71. The first kappa shape index (κ1) is 16.3. The van der Waals surface area contributed by atoms with Gasteiger partial charge in [-0.1, -0.05) is 80.6 Å². The molecule has 3 aromatic rings. The number of rotatable bonds is 3. The first-order chi connectivity index (χ1) is 12.6. The van der Waals surface area contributed by atoms with Gasteiger partial charge in [-0.25, -0.2) is 4.79 Å². The Bertz CT molecular complexity index is 1030. The van der Waals surface area contributed by atoms with Crippen LogP contribution >= 0.6 is 0 Å². The molecule has 0 unspecified atom stereocenters. The summed E-state index contributed by atoms with van der Waals surface area (Å²) < 4.78 is 5.56. The first-order valence-electron chi connectivity index (χ1n) is 8.85. The Kier molecular flexibility index (Phi) is 4.18. The standard InChI is InChI=1S/C24H20O2/c1-16(2)18-12-10-17(11-13-18)14-20-15-23(26-24(20)25)22-9-5-7-19-6-3-4-8-21(19)22/h3-16H,1-2H3/b20-14-. The van der Waals surface area contributed by atoms with Crippen molar-refractivity contribution in [3.05, 3.63) is 95.1 Å². The van der Waals surface area contributed by atoms with Crippen LogP contribution in [0.15, 0.2) is 78.4 Å². The van der Waals surface area contributed by atoms with Gasteiger partial charge in [-0.3, -0.25) is 0 Å². The van der Waals surface area contributed by atoms with E-state index >= 15 is 0 Å². The average molecular weight is 340 g/mol. The first-order valence-corrected chi connectivity index (χ1v) is 8.85. The molecule has 1 heterocycles. The molecule has 0 radical (unpaired) electrons. The second-order valence-corrected chi connectivity index (χ2v) is 6.85. The summed E-state index contributed by atoms with van der Waals surface area (Å²) in [4.78, 5) is 12.3. The van der Waals surface area contributed by atoms with Crippen LogP contribution in [-0.2, 0) is 9.53 Å². The Balaban J connectivity index is 1.71. The lowest BCUT2D eigenvalue weighted by Crippen LogP contribution is -1.97. The molecule has 0 aliphatic carbocycles. The molecule has 1 aliphatic heterocycles. The predicted octanol–water partition coefficient (Wildman–Crippen LogP) is 5.94. The van der Waals surface area contributed by atoms with Crippen LogP contribution in [0.2, 0.25) is 0 Å². The molecule has 2 heteroatoms. The third-order valence-corrected chi connectivity index (χ3v) is 4.71. The van der Waals surface area contributed by atoms with Gasteiger partial charge in [0, 0.05) is 5.56 Å². The van der Waals surface area contributed by atoms with Crippen molar-refractivity contribution in [3.63, 3.8) is 0 Å². The predicted molar refractivity (Wildman–Crippen MR) is 107 cm³/mol. The fourth-order valence-electron chi connectivity index (χ4n) is 3.22. The zero-order chi connectivity index (χ0) is 18.1. The Hall–Kier alpha value is -3.13. The van der Waals surface area contributed by atoms with Crippen LogP contribution in [0.25, 0.3) is 22.6 Å². The van der Waals surface area contributed by atoms with E-state index in [9.17, 15) is 4.79 Å². The van der Waals surface area contributed by atoms with Crippen LogP contribution in [0.5, 0.6) is 0 Å². The van der Waals surface area contributed by atoms with Crippen LogP contribution in [0.1, 0.15) is 36.5 Å². The van der Waals surface area contributed by atoms with Crippen molar-refractivity contribution >= 4 is 28.6 Å². The maximum absolute atomic E-state index is 12.3. The minimum absolute atomic E-state index is 0.305. The van der Waals surface area contributed by atoms with Gasteiger partial charge in [0.25, 0.3) is 0 Å². The zero-order valence-electron chi connectivity index (χ0n) is 14.9. The largest absolute Gasteiger partial charge is 0.422 e. The molecule has 26 heavy (non-hydrogen) atoms. The van der Waals surface area contributed by atoms with E-state index in [1.807, 2.05) is 54.6 Å². The summed E-state index contributed by atoms with van der Waals surface area (Å²) in [6.07, 6.45) is 3.71. The molecule has 1 aliphatic rings. The Morgan fingerprint density at radius 1 is 0.885 bits per heavy atom. The second-order valence-electron chi connectivity index (χ2n) is 6.85. The molecule has 0 bridgehead atoms. The van der Waals surface area contributed by atoms with E-state index in [0.717, 1.165) is 21.9 Å². The van der Waals surface area contributed by atoms with Gasteiger partial charge >= 0.3 is 5.97 Å². The lowest BCUT2D eigenvalue weighted by Gasteiger charge is -2.06. The number of ether oxygens (including phenoxy) is 1. The monoisotopic (exact) mass is 340 g/mol. The highest BCUT2D eigenvalue weighted by Crippen LogP contribution is 2.32. The maximum atomic E-state index is 12.3. The molecule has 0 spiro atoms. The van der Waals surface area contributed by atoms with Gasteiger partial charge in [-0.2, -0.15) is 0 Å². The molecule has 0 saturated carbocycles. The molecule has 3 aromatic carbocycles. The normalized spacial score (nSPS) is 15.6.